The number of carbonyl (C=O) groups excluding carboxylic acids is 1. The van der Waals surface area contributed by atoms with Crippen LogP contribution < -0.4 is 5.32 Å². The molecule has 3 heterocycles. The van der Waals surface area contributed by atoms with Crippen LogP contribution in [0.1, 0.15) is 17.7 Å². The highest BCUT2D eigenvalue weighted by molar-refractivity contribution is 5.89. The van der Waals surface area contributed by atoms with Gasteiger partial charge in [-0.25, -0.2) is 4.79 Å². The van der Waals surface area contributed by atoms with E-state index in [1.807, 2.05) is 36.2 Å². The third-order valence-electron chi connectivity index (χ3n) is 4.47. The fraction of sp³-hybridized carbons (Fsp3) is 0.421. The number of nitrogens with one attached hydrogen (secondary N) is 1. The van der Waals surface area contributed by atoms with Crippen molar-refractivity contribution in [3.63, 3.8) is 0 Å². The molecule has 2 amide bonds. The normalized spacial score (nSPS) is 17.1. The molecule has 132 valence electrons. The summed E-state index contributed by atoms with van der Waals surface area (Å²) in [6.45, 7) is 5.38. The zero-order valence-corrected chi connectivity index (χ0v) is 14.9. The van der Waals surface area contributed by atoms with Crippen molar-refractivity contribution in [2.75, 3.05) is 32.0 Å². The van der Waals surface area contributed by atoms with Gasteiger partial charge in [0.05, 0.1) is 0 Å². The number of carbonyl (C=O) groups is 1. The van der Waals surface area contributed by atoms with Crippen LogP contribution in [0.5, 0.6) is 0 Å². The van der Waals surface area contributed by atoms with Crippen LogP contribution >= 0.6 is 0 Å². The molecule has 1 N–H and O–H groups in total. The first-order valence-electron chi connectivity index (χ1n) is 8.66. The number of hydrogen-bond donors (Lipinski definition) is 1. The first kappa shape index (κ1) is 17.4. The molecular formula is C19H25N5O. The zero-order chi connectivity index (χ0) is 17.6. The summed E-state index contributed by atoms with van der Waals surface area (Å²) in [7, 11) is 2.12. The van der Waals surface area contributed by atoms with Crippen molar-refractivity contribution in [1.29, 1.82) is 0 Å². The van der Waals surface area contributed by atoms with E-state index in [4.69, 9.17) is 0 Å². The number of hydrogen-bond acceptors (Lipinski definition) is 4. The van der Waals surface area contributed by atoms with Crippen molar-refractivity contribution in [3.8, 4) is 0 Å². The summed E-state index contributed by atoms with van der Waals surface area (Å²) >= 11 is 0. The van der Waals surface area contributed by atoms with Crippen LogP contribution in [0.4, 0.5) is 10.5 Å². The van der Waals surface area contributed by atoms with E-state index in [0.29, 0.717) is 5.92 Å². The molecule has 1 fully saturated rings. The van der Waals surface area contributed by atoms with Crippen LogP contribution in [-0.4, -0.2) is 52.5 Å². The second-order valence-electron chi connectivity index (χ2n) is 6.77. The Balaban J connectivity index is 1.47. The maximum atomic E-state index is 12.4. The van der Waals surface area contributed by atoms with Gasteiger partial charge in [-0.1, -0.05) is 6.07 Å². The number of nitrogens with zero attached hydrogens (tertiary/aromatic N) is 4. The topological polar surface area (TPSA) is 61.4 Å². The molecule has 0 saturated carbocycles. The first-order valence-corrected chi connectivity index (χ1v) is 8.66. The number of rotatable bonds is 5. The van der Waals surface area contributed by atoms with Crippen LogP contribution in [0.3, 0.4) is 0 Å². The van der Waals surface area contributed by atoms with E-state index < -0.39 is 0 Å². The van der Waals surface area contributed by atoms with Crippen molar-refractivity contribution >= 4 is 11.7 Å². The molecule has 0 aromatic carbocycles. The Morgan fingerprint density at radius 3 is 3.04 bits per heavy atom. The van der Waals surface area contributed by atoms with E-state index in [1.54, 1.807) is 12.4 Å². The van der Waals surface area contributed by atoms with Gasteiger partial charge >= 0.3 is 6.03 Å². The van der Waals surface area contributed by atoms with Crippen molar-refractivity contribution in [2.24, 2.45) is 5.92 Å². The molecule has 2 aromatic heterocycles. The van der Waals surface area contributed by atoms with Crippen molar-refractivity contribution in [1.82, 2.24) is 19.8 Å². The lowest BCUT2D eigenvalue weighted by Gasteiger charge is -2.21. The van der Waals surface area contributed by atoms with Gasteiger partial charge in [-0.3, -0.25) is 9.97 Å². The predicted molar refractivity (Wildman–Crippen MR) is 98.2 cm³/mol. The molecule has 0 unspecified atom stereocenters. The van der Waals surface area contributed by atoms with Gasteiger partial charge < -0.3 is 15.1 Å². The molecular weight excluding hydrogens is 314 g/mol. The maximum Gasteiger partial charge on any atom is 0.321 e. The van der Waals surface area contributed by atoms with E-state index in [2.05, 4.69) is 33.3 Å². The minimum atomic E-state index is -0.0250. The number of amides is 2. The molecule has 1 atom stereocenters. The summed E-state index contributed by atoms with van der Waals surface area (Å²) in [6, 6.07) is 7.73. The lowest BCUT2D eigenvalue weighted by molar-refractivity contribution is 0.216. The van der Waals surface area contributed by atoms with E-state index in [0.717, 1.165) is 44.0 Å². The average Bonchev–Trinajstić information content (AvgIpc) is 3.04. The molecule has 3 rings (SSSR count). The van der Waals surface area contributed by atoms with Gasteiger partial charge in [-0.05, 0) is 50.1 Å². The van der Waals surface area contributed by atoms with Gasteiger partial charge in [0.15, 0.2) is 0 Å². The monoisotopic (exact) mass is 339 g/mol. The molecule has 1 aliphatic rings. The van der Waals surface area contributed by atoms with E-state index >= 15 is 0 Å². The lowest BCUT2D eigenvalue weighted by Crippen LogP contribution is -2.34. The van der Waals surface area contributed by atoms with Gasteiger partial charge in [-0.15, -0.1) is 0 Å². The first-order chi connectivity index (χ1) is 12.1. The molecule has 0 radical (unpaired) electrons. The Morgan fingerprint density at radius 2 is 2.28 bits per heavy atom. The van der Waals surface area contributed by atoms with Crippen molar-refractivity contribution in [3.05, 3.63) is 54.1 Å². The highest BCUT2D eigenvalue weighted by Gasteiger charge is 2.27. The van der Waals surface area contributed by atoms with Crippen molar-refractivity contribution in [2.45, 2.75) is 19.9 Å². The number of pyridine rings is 2. The van der Waals surface area contributed by atoms with E-state index in [1.165, 1.54) is 5.56 Å². The highest BCUT2D eigenvalue weighted by Crippen LogP contribution is 2.19. The molecule has 6 nitrogen and oxygen atoms in total. The number of aromatic nitrogens is 2. The summed E-state index contributed by atoms with van der Waals surface area (Å²) < 4.78 is 0. The lowest BCUT2D eigenvalue weighted by atomic mass is 10.1. The summed E-state index contributed by atoms with van der Waals surface area (Å²) in [4.78, 5) is 24.9. The third kappa shape index (κ3) is 5.00. The number of urea groups is 1. The second-order valence-corrected chi connectivity index (χ2v) is 6.77. The number of anilines is 1. The summed E-state index contributed by atoms with van der Waals surface area (Å²) in [5.74, 6) is 0.506. The van der Waals surface area contributed by atoms with E-state index in [-0.39, 0.29) is 6.03 Å². The van der Waals surface area contributed by atoms with Crippen LogP contribution in [0, 0.1) is 12.8 Å². The Hall–Kier alpha value is -2.47. The largest absolute Gasteiger partial charge is 0.324 e. The molecule has 25 heavy (non-hydrogen) atoms. The molecule has 0 spiro atoms. The Morgan fingerprint density at radius 1 is 1.40 bits per heavy atom. The van der Waals surface area contributed by atoms with E-state index in [9.17, 15) is 4.79 Å². The maximum absolute atomic E-state index is 12.4. The summed E-state index contributed by atoms with van der Waals surface area (Å²) in [5, 5.41) is 2.96. The van der Waals surface area contributed by atoms with Gasteiger partial charge in [0.1, 0.15) is 0 Å². The standard InChI is InChI=1S/C19H25N5O/c1-15-10-18(5-8-21-15)22-19(25)24-9-6-17(14-24)13-23(2)12-16-4-3-7-20-11-16/h3-5,7-8,10-11,17H,6,9,12-14H2,1-2H3,(H,21,22,25)/t17-/m0/s1. The van der Waals surface area contributed by atoms with Crippen LogP contribution in [0.15, 0.2) is 42.9 Å². The van der Waals surface area contributed by atoms with Crippen molar-refractivity contribution < 1.29 is 4.79 Å². The Labute approximate surface area is 148 Å². The SMILES string of the molecule is Cc1cc(NC(=O)N2CC[C@@H](CN(C)Cc3cccnc3)C2)ccn1. The average molecular weight is 339 g/mol. The van der Waals surface area contributed by atoms with Gasteiger partial charge in [0.2, 0.25) is 0 Å². The van der Waals surface area contributed by atoms with Gasteiger partial charge in [-0.2, -0.15) is 0 Å². The van der Waals surface area contributed by atoms with Crippen LogP contribution in [0.25, 0.3) is 0 Å². The molecule has 0 aliphatic carbocycles. The highest BCUT2D eigenvalue weighted by atomic mass is 16.2. The van der Waals surface area contributed by atoms with Crippen LogP contribution in [0.2, 0.25) is 0 Å². The van der Waals surface area contributed by atoms with Crippen LogP contribution in [-0.2, 0) is 6.54 Å². The number of aryl methyl sites for hydroxylation is 1. The predicted octanol–water partition coefficient (Wildman–Crippen LogP) is 2.77. The molecule has 6 heteroatoms. The quantitative estimate of drug-likeness (QED) is 0.910. The minimum Gasteiger partial charge on any atom is -0.324 e. The fourth-order valence-electron chi connectivity index (χ4n) is 3.30. The minimum absolute atomic E-state index is 0.0250. The Bertz CT molecular complexity index is 706. The van der Waals surface area contributed by atoms with Gasteiger partial charge in [0, 0.05) is 56.2 Å². The molecule has 0 bridgehead atoms. The molecule has 1 aliphatic heterocycles. The fourth-order valence-corrected chi connectivity index (χ4v) is 3.30. The second kappa shape index (κ2) is 8.07. The molecule has 2 aromatic rings. The summed E-state index contributed by atoms with van der Waals surface area (Å²) in [6.07, 6.45) is 6.45. The Kier molecular flexibility index (Phi) is 5.60. The zero-order valence-electron chi connectivity index (χ0n) is 14.9. The summed E-state index contributed by atoms with van der Waals surface area (Å²) in [5.41, 5.74) is 2.91. The third-order valence-corrected chi connectivity index (χ3v) is 4.47. The van der Waals surface area contributed by atoms with Gasteiger partial charge in [0.25, 0.3) is 0 Å². The number of likely N-dealkylation sites (tertiary alicyclic amines) is 1. The smallest absolute Gasteiger partial charge is 0.321 e. The molecule has 1 saturated heterocycles.